The molecule has 2 nitrogen and oxygen atoms in total. The zero-order valence-corrected chi connectivity index (χ0v) is 13.3. The number of nitrogens with one attached hydrogen (secondary N) is 1. The number of alkyl halides is 1. The van der Waals surface area contributed by atoms with E-state index in [1.807, 2.05) is 25.1 Å². The highest BCUT2D eigenvalue weighted by atomic mass is 35.5. The Balaban J connectivity index is 0.00000162. The van der Waals surface area contributed by atoms with E-state index in [1.54, 1.807) is 0 Å². The van der Waals surface area contributed by atoms with E-state index in [-0.39, 0.29) is 37.5 Å². The fraction of sp³-hybridized carbons (Fsp3) is 0.538. The highest BCUT2D eigenvalue weighted by Crippen LogP contribution is 2.26. The molecule has 1 saturated heterocycles. The fourth-order valence-corrected chi connectivity index (χ4v) is 2.40. The topological polar surface area (TPSA) is 15.3 Å². The first-order chi connectivity index (χ1) is 8.22. The first-order valence-electron chi connectivity index (χ1n) is 5.99. The van der Waals surface area contributed by atoms with Gasteiger partial charge in [-0.3, -0.25) is 4.90 Å². The number of aryl methyl sites for hydroxylation is 1. The van der Waals surface area contributed by atoms with Crippen molar-refractivity contribution in [2.45, 2.75) is 13.0 Å². The second-order valence-corrected chi connectivity index (χ2v) is 4.87. The van der Waals surface area contributed by atoms with Crippen LogP contribution < -0.4 is 5.32 Å². The van der Waals surface area contributed by atoms with Crippen LogP contribution in [0.25, 0.3) is 0 Å². The standard InChI is InChI=1S/C13H18ClFN2.2ClH/c1-10-2-3-11(8-12(10)14)13(9-15)17-6-4-16-5-7-17;;/h2-3,8,13,16H,4-7,9H2,1H3;2*1H/t13-;;/m1../s1. The van der Waals surface area contributed by atoms with Gasteiger partial charge in [-0.15, -0.1) is 24.8 Å². The molecule has 0 aliphatic carbocycles. The summed E-state index contributed by atoms with van der Waals surface area (Å²) >= 11 is 6.10. The van der Waals surface area contributed by atoms with Crippen molar-refractivity contribution in [2.75, 3.05) is 32.9 Å². The van der Waals surface area contributed by atoms with E-state index < -0.39 is 0 Å². The van der Waals surface area contributed by atoms with Gasteiger partial charge in [0.25, 0.3) is 0 Å². The molecule has 1 atom stereocenters. The van der Waals surface area contributed by atoms with Crippen molar-refractivity contribution < 1.29 is 4.39 Å². The van der Waals surface area contributed by atoms with Gasteiger partial charge in [0.15, 0.2) is 0 Å². The highest BCUT2D eigenvalue weighted by molar-refractivity contribution is 6.31. The van der Waals surface area contributed by atoms with Gasteiger partial charge in [-0.2, -0.15) is 0 Å². The molecule has 1 aliphatic heterocycles. The van der Waals surface area contributed by atoms with Crippen molar-refractivity contribution in [1.29, 1.82) is 0 Å². The number of hydrogen-bond acceptors (Lipinski definition) is 2. The van der Waals surface area contributed by atoms with Crippen molar-refractivity contribution in [1.82, 2.24) is 10.2 Å². The summed E-state index contributed by atoms with van der Waals surface area (Å²) in [6.07, 6.45) is 0. The zero-order valence-electron chi connectivity index (χ0n) is 10.9. The van der Waals surface area contributed by atoms with Crippen molar-refractivity contribution in [3.8, 4) is 0 Å². The minimum atomic E-state index is -0.362. The third-order valence-corrected chi connectivity index (χ3v) is 3.73. The van der Waals surface area contributed by atoms with E-state index in [0.29, 0.717) is 0 Å². The summed E-state index contributed by atoms with van der Waals surface area (Å²) in [6, 6.07) is 5.68. The maximum atomic E-state index is 13.3. The molecule has 2 rings (SSSR count). The lowest BCUT2D eigenvalue weighted by Gasteiger charge is -2.33. The number of rotatable bonds is 3. The molecular formula is C13H20Cl3FN2. The van der Waals surface area contributed by atoms with E-state index in [1.165, 1.54) is 0 Å². The number of hydrogen-bond donors (Lipinski definition) is 1. The molecule has 1 aliphatic rings. The van der Waals surface area contributed by atoms with Crippen molar-refractivity contribution in [3.05, 3.63) is 34.3 Å². The van der Waals surface area contributed by atoms with Crippen molar-refractivity contribution in [3.63, 3.8) is 0 Å². The highest BCUT2D eigenvalue weighted by Gasteiger charge is 2.22. The molecule has 0 radical (unpaired) electrons. The van der Waals surface area contributed by atoms with Crippen LogP contribution in [0, 0.1) is 6.92 Å². The minimum Gasteiger partial charge on any atom is -0.314 e. The molecule has 1 fully saturated rings. The van der Waals surface area contributed by atoms with Gasteiger partial charge in [0.2, 0.25) is 0 Å². The Morgan fingerprint density at radius 2 is 1.95 bits per heavy atom. The summed E-state index contributed by atoms with van der Waals surface area (Å²) in [6.45, 7) is 5.23. The van der Waals surface area contributed by atoms with Gasteiger partial charge in [-0.25, -0.2) is 4.39 Å². The normalized spacial score (nSPS) is 17.2. The molecule has 1 N–H and O–H groups in total. The average Bonchev–Trinajstić information content (AvgIpc) is 2.36. The largest absolute Gasteiger partial charge is 0.314 e. The first-order valence-corrected chi connectivity index (χ1v) is 6.37. The summed E-state index contributed by atoms with van der Waals surface area (Å²) in [5.41, 5.74) is 2.01. The Morgan fingerprint density at radius 3 is 2.47 bits per heavy atom. The van der Waals surface area contributed by atoms with Crippen LogP contribution in [-0.2, 0) is 0 Å². The Labute approximate surface area is 131 Å². The summed E-state index contributed by atoms with van der Waals surface area (Å²) in [7, 11) is 0. The maximum Gasteiger partial charge on any atom is 0.109 e. The predicted molar refractivity (Wildman–Crippen MR) is 83.8 cm³/mol. The van der Waals surface area contributed by atoms with Crippen LogP contribution in [0.15, 0.2) is 18.2 Å². The number of piperazine rings is 1. The molecule has 0 spiro atoms. The lowest BCUT2D eigenvalue weighted by molar-refractivity contribution is 0.147. The third kappa shape index (κ3) is 4.76. The summed E-state index contributed by atoms with van der Waals surface area (Å²) in [5.74, 6) is 0. The second kappa shape index (κ2) is 8.98. The molecule has 110 valence electrons. The molecule has 1 heterocycles. The molecule has 0 aromatic heterocycles. The van der Waals surface area contributed by atoms with E-state index in [9.17, 15) is 4.39 Å². The summed E-state index contributed by atoms with van der Waals surface area (Å²) in [4.78, 5) is 2.18. The molecular weight excluding hydrogens is 310 g/mol. The fourth-order valence-electron chi connectivity index (χ4n) is 2.21. The molecule has 1 aromatic carbocycles. The zero-order chi connectivity index (χ0) is 12.3. The van der Waals surface area contributed by atoms with Crippen LogP contribution in [0.4, 0.5) is 4.39 Å². The van der Waals surface area contributed by atoms with Gasteiger partial charge in [-0.1, -0.05) is 23.7 Å². The maximum absolute atomic E-state index is 13.3. The smallest absolute Gasteiger partial charge is 0.109 e. The van der Waals surface area contributed by atoms with Gasteiger partial charge in [0.05, 0.1) is 6.04 Å². The van der Waals surface area contributed by atoms with Crippen molar-refractivity contribution >= 4 is 36.4 Å². The van der Waals surface area contributed by atoms with Crippen LogP contribution in [0.5, 0.6) is 0 Å². The first kappa shape index (κ1) is 18.9. The number of nitrogens with zero attached hydrogens (tertiary/aromatic N) is 1. The molecule has 0 unspecified atom stereocenters. The lowest BCUT2D eigenvalue weighted by Crippen LogP contribution is -2.45. The molecule has 19 heavy (non-hydrogen) atoms. The second-order valence-electron chi connectivity index (χ2n) is 4.46. The molecule has 0 saturated carbocycles. The van der Waals surface area contributed by atoms with Crippen LogP contribution in [0.1, 0.15) is 17.2 Å². The predicted octanol–water partition coefficient (Wildman–Crippen LogP) is 3.41. The monoisotopic (exact) mass is 328 g/mol. The van der Waals surface area contributed by atoms with E-state index in [0.717, 1.165) is 42.3 Å². The van der Waals surface area contributed by atoms with Gasteiger partial charge in [0, 0.05) is 31.2 Å². The number of halogens is 4. The van der Waals surface area contributed by atoms with Gasteiger partial charge >= 0.3 is 0 Å². The summed E-state index contributed by atoms with van der Waals surface area (Å²) < 4.78 is 13.3. The Morgan fingerprint density at radius 1 is 1.32 bits per heavy atom. The number of benzene rings is 1. The molecule has 1 aromatic rings. The summed E-state index contributed by atoms with van der Waals surface area (Å²) in [5, 5.41) is 3.99. The van der Waals surface area contributed by atoms with Gasteiger partial charge in [-0.05, 0) is 24.1 Å². The Kier molecular flexibility index (Phi) is 8.95. The lowest BCUT2D eigenvalue weighted by atomic mass is 10.0. The van der Waals surface area contributed by atoms with Crippen LogP contribution >= 0.6 is 36.4 Å². The van der Waals surface area contributed by atoms with Gasteiger partial charge in [0.1, 0.15) is 6.67 Å². The van der Waals surface area contributed by atoms with Crippen LogP contribution in [0.3, 0.4) is 0 Å². The van der Waals surface area contributed by atoms with Crippen LogP contribution in [-0.4, -0.2) is 37.8 Å². The van der Waals surface area contributed by atoms with Crippen LogP contribution in [0.2, 0.25) is 5.02 Å². The molecule has 0 bridgehead atoms. The molecule has 0 amide bonds. The van der Waals surface area contributed by atoms with E-state index in [4.69, 9.17) is 11.6 Å². The van der Waals surface area contributed by atoms with Gasteiger partial charge < -0.3 is 5.32 Å². The SMILES string of the molecule is Cc1ccc([C@@H](CF)N2CCNCC2)cc1Cl.Cl.Cl. The quantitative estimate of drug-likeness (QED) is 0.914. The van der Waals surface area contributed by atoms with E-state index in [2.05, 4.69) is 10.2 Å². The molecule has 6 heteroatoms. The average molecular weight is 330 g/mol. The minimum absolute atomic E-state index is 0. The third-order valence-electron chi connectivity index (χ3n) is 3.32. The Hall–Kier alpha value is -0.0600. The Bertz CT molecular complexity index is 384. The van der Waals surface area contributed by atoms with E-state index >= 15 is 0 Å². The van der Waals surface area contributed by atoms with Crippen molar-refractivity contribution in [2.24, 2.45) is 0 Å².